The minimum Gasteiger partial charge on any atom is -0.396 e. The molecule has 1 fully saturated rings. The molecular weight excluding hydrogens is 190 g/mol. The zero-order valence-electron chi connectivity index (χ0n) is 9.87. The molecule has 0 heterocycles. The molecule has 1 saturated carbocycles. The second kappa shape index (κ2) is 8.08. The van der Waals surface area contributed by atoms with Gasteiger partial charge in [0.15, 0.2) is 0 Å². The monoisotopic (exact) mass is 215 g/mol. The summed E-state index contributed by atoms with van der Waals surface area (Å²) in [7, 11) is 2.03. The number of aliphatic hydroxyl groups is 1. The third-order valence-corrected chi connectivity index (χ3v) is 3.21. The number of nitrogens with one attached hydrogen (secondary N) is 1. The van der Waals surface area contributed by atoms with E-state index >= 15 is 0 Å². The number of ether oxygens (including phenoxy) is 1. The van der Waals surface area contributed by atoms with E-state index in [2.05, 4.69) is 5.32 Å². The predicted molar refractivity (Wildman–Crippen MR) is 62.0 cm³/mol. The van der Waals surface area contributed by atoms with Crippen molar-refractivity contribution >= 4 is 0 Å². The van der Waals surface area contributed by atoms with E-state index in [-0.39, 0.29) is 0 Å². The molecule has 0 amide bonds. The molecule has 0 aromatic rings. The summed E-state index contributed by atoms with van der Waals surface area (Å²) in [5.41, 5.74) is 0. The van der Waals surface area contributed by atoms with Gasteiger partial charge in [0.1, 0.15) is 0 Å². The average molecular weight is 215 g/mol. The van der Waals surface area contributed by atoms with E-state index in [4.69, 9.17) is 9.84 Å². The van der Waals surface area contributed by atoms with E-state index in [1.54, 1.807) is 0 Å². The van der Waals surface area contributed by atoms with Crippen LogP contribution >= 0.6 is 0 Å². The van der Waals surface area contributed by atoms with E-state index in [0.717, 1.165) is 25.9 Å². The van der Waals surface area contributed by atoms with Crippen molar-refractivity contribution in [1.29, 1.82) is 0 Å². The largest absolute Gasteiger partial charge is 0.396 e. The Kier molecular flexibility index (Phi) is 6.98. The van der Waals surface area contributed by atoms with Gasteiger partial charge in [0.05, 0.1) is 6.10 Å². The van der Waals surface area contributed by atoms with Crippen molar-refractivity contribution in [3.8, 4) is 0 Å². The van der Waals surface area contributed by atoms with Gasteiger partial charge in [0.25, 0.3) is 0 Å². The lowest BCUT2D eigenvalue weighted by molar-refractivity contribution is 0.00507. The summed E-state index contributed by atoms with van der Waals surface area (Å²) in [6.07, 6.45) is 8.56. The molecule has 3 heteroatoms. The number of likely N-dealkylation sites (N-methyl/N-ethyl adjacent to an activating group) is 1. The summed E-state index contributed by atoms with van der Waals surface area (Å²) in [4.78, 5) is 0. The summed E-state index contributed by atoms with van der Waals surface area (Å²) in [6.45, 7) is 1.16. The topological polar surface area (TPSA) is 41.5 Å². The van der Waals surface area contributed by atoms with Crippen LogP contribution < -0.4 is 5.32 Å². The normalized spacial score (nSPS) is 26.8. The second-order valence-corrected chi connectivity index (χ2v) is 4.37. The van der Waals surface area contributed by atoms with Gasteiger partial charge in [-0.1, -0.05) is 12.8 Å². The highest BCUT2D eigenvalue weighted by Gasteiger charge is 2.23. The Balaban J connectivity index is 2.07. The third-order valence-electron chi connectivity index (χ3n) is 3.21. The maximum absolute atomic E-state index is 8.64. The van der Waals surface area contributed by atoms with Crippen LogP contribution in [-0.4, -0.2) is 37.5 Å². The lowest BCUT2D eigenvalue weighted by Gasteiger charge is -2.31. The van der Waals surface area contributed by atoms with Gasteiger partial charge < -0.3 is 15.2 Å². The molecule has 1 rings (SSSR count). The fourth-order valence-electron chi connectivity index (χ4n) is 2.25. The molecule has 2 atom stereocenters. The SMILES string of the molecule is CNC1CCCCC1OCCCCCO. The smallest absolute Gasteiger partial charge is 0.0727 e. The van der Waals surface area contributed by atoms with E-state index < -0.39 is 0 Å². The van der Waals surface area contributed by atoms with Crippen molar-refractivity contribution in [3.63, 3.8) is 0 Å². The van der Waals surface area contributed by atoms with Crippen molar-refractivity contribution in [2.45, 2.75) is 57.1 Å². The fourth-order valence-corrected chi connectivity index (χ4v) is 2.25. The van der Waals surface area contributed by atoms with Gasteiger partial charge in [-0.3, -0.25) is 0 Å². The van der Waals surface area contributed by atoms with Crippen molar-refractivity contribution in [2.24, 2.45) is 0 Å². The highest BCUT2D eigenvalue weighted by molar-refractivity contribution is 4.80. The van der Waals surface area contributed by atoms with Gasteiger partial charge >= 0.3 is 0 Å². The molecule has 2 N–H and O–H groups in total. The maximum atomic E-state index is 8.64. The van der Waals surface area contributed by atoms with Gasteiger partial charge in [-0.25, -0.2) is 0 Å². The Morgan fingerprint density at radius 1 is 1.20 bits per heavy atom. The molecule has 1 aliphatic carbocycles. The molecule has 15 heavy (non-hydrogen) atoms. The van der Waals surface area contributed by atoms with Crippen molar-refractivity contribution < 1.29 is 9.84 Å². The van der Waals surface area contributed by atoms with E-state index in [1.807, 2.05) is 7.05 Å². The van der Waals surface area contributed by atoms with Gasteiger partial charge in [0.2, 0.25) is 0 Å². The van der Waals surface area contributed by atoms with Crippen molar-refractivity contribution in [3.05, 3.63) is 0 Å². The standard InChI is InChI=1S/C12H25NO2/c1-13-11-7-3-4-8-12(11)15-10-6-2-5-9-14/h11-14H,2-10H2,1H3. The van der Waals surface area contributed by atoms with E-state index in [1.165, 1.54) is 25.7 Å². The highest BCUT2D eigenvalue weighted by atomic mass is 16.5. The molecule has 1 aliphatic rings. The first kappa shape index (κ1) is 12.9. The fraction of sp³-hybridized carbons (Fsp3) is 1.00. The molecule has 0 aliphatic heterocycles. The van der Waals surface area contributed by atoms with Gasteiger partial charge in [-0.15, -0.1) is 0 Å². The first-order valence-corrected chi connectivity index (χ1v) is 6.28. The summed E-state index contributed by atoms with van der Waals surface area (Å²) >= 11 is 0. The number of unbranched alkanes of at least 4 members (excludes halogenated alkanes) is 2. The minimum atomic E-state index is 0.308. The van der Waals surface area contributed by atoms with Crippen LogP contribution in [0.2, 0.25) is 0 Å². The molecule has 0 spiro atoms. The van der Waals surface area contributed by atoms with E-state index in [0.29, 0.717) is 18.8 Å². The molecule has 2 unspecified atom stereocenters. The van der Waals surface area contributed by atoms with Gasteiger partial charge in [0, 0.05) is 19.3 Å². The molecule has 0 saturated heterocycles. The predicted octanol–water partition coefficient (Wildman–Crippen LogP) is 1.70. The summed E-state index contributed by atoms with van der Waals surface area (Å²) in [5, 5.41) is 12.0. The lowest BCUT2D eigenvalue weighted by atomic mass is 9.92. The highest BCUT2D eigenvalue weighted by Crippen LogP contribution is 2.21. The van der Waals surface area contributed by atoms with Crippen LogP contribution in [0, 0.1) is 0 Å². The Bertz CT molecular complexity index is 153. The van der Waals surface area contributed by atoms with Crippen LogP contribution in [0.3, 0.4) is 0 Å². The van der Waals surface area contributed by atoms with Crippen LogP contribution in [0.4, 0.5) is 0 Å². The van der Waals surface area contributed by atoms with Crippen LogP contribution in [0.5, 0.6) is 0 Å². The molecule has 0 bridgehead atoms. The van der Waals surface area contributed by atoms with Gasteiger partial charge in [-0.2, -0.15) is 0 Å². The van der Waals surface area contributed by atoms with Gasteiger partial charge in [-0.05, 0) is 39.2 Å². The Hall–Kier alpha value is -0.120. The Morgan fingerprint density at radius 2 is 2.00 bits per heavy atom. The van der Waals surface area contributed by atoms with Crippen LogP contribution in [0.15, 0.2) is 0 Å². The molecule has 0 aromatic heterocycles. The Morgan fingerprint density at radius 3 is 2.73 bits per heavy atom. The summed E-state index contributed by atoms with van der Waals surface area (Å²) in [6, 6.07) is 0.552. The third kappa shape index (κ3) is 4.96. The zero-order valence-corrected chi connectivity index (χ0v) is 9.87. The quantitative estimate of drug-likeness (QED) is 0.635. The maximum Gasteiger partial charge on any atom is 0.0727 e. The number of aliphatic hydroxyl groups excluding tert-OH is 1. The van der Waals surface area contributed by atoms with Crippen LogP contribution in [-0.2, 0) is 4.74 Å². The molecule has 3 nitrogen and oxygen atoms in total. The first-order valence-electron chi connectivity index (χ1n) is 6.28. The molecular formula is C12H25NO2. The minimum absolute atomic E-state index is 0.308. The Labute approximate surface area is 93.2 Å². The molecule has 90 valence electrons. The summed E-state index contributed by atoms with van der Waals surface area (Å²) in [5.74, 6) is 0. The van der Waals surface area contributed by atoms with Crippen molar-refractivity contribution in [2.75, 3.05) is 20.3 Å². The second-order valence-electron chi connectivity index (χ2n) is 4.37. The van der Waals surface area contributed by atoms with Crippen LogP contribution in [0.25, 0.3) is 0 Å². The number of hydrogen-bond donors (Lipinski definition) is 2. The zero-order chi connectivity index (χ0) is 10.9. The summed E-state index contributed by atoms with van der Waals surface area (Å²) < 4.78 is 5.89. The molecule has 0 radical (unpaired) electrons. The first-order chi connectivity index (χ1) is 7.38. The molecule has 0 aromatic carbocycles. The average Bonchev–Trinajstić information content (AvgIpc) is 2.29. The lowest BCUT2D eigenvalue weighted by Crippen LogP contribution is -2.41. The van der Waals surface area contributed by atoms with Crippen molar-refractivity contribution in [1.82, 2.24) is 5.32 Å². The number of hydrogen-bond acceptors (Lipinski definition) is 3. The van der Waals surface area contributed by atoms with Crippen LogP contribution in [0.1, 0.15) is 44.9 Å². The number of rotatable bonds is 7. The van der Waals surface area contributed by atoms with E-state index in [9.17, 15) is 0 Å².